The van der Waals surface area contributed by atoms with Crippen LogP contribution in [0.3, 0.4) is 0 Å². The third-order valence-electron chi connectivity index (χ3n) is 4.08. The van der Waals surface area contributed by atoms with Crippen molar-refractivity contribution in [2.75, 3.05) is 17.7 Å². The molecule has 0 spiro atoms. The molecule has 0 fully saturated rings. The van der Waals surface area contributed by atoms with Gasteiger partial charge in [0.05, 0.1) is 12.7 Å². The Morgan fingerprint density at radius 1 is 1.04 bits per heavy atom. The van der Waals surface area contributed by atoms with Crippen LogP contribution in [0.2, 0.25) is 0 Å². The molecule has 1 heterocycles. The molecule has 0 radical (unpaired) electrons. The monoisotopic (exact) mass is 362 g/mol. The number of methoxy groups -OCH3 is 1. The van der Waals surface area contributed by atoms with Crippen molar-refractivity contribution in [3.05, 3.63) is 71.4 Å². The van der Waals surface area contributed by atoms with E-state index in [4.69, 9.17) is 4.74 Å². The van der Waals surface area contributed by atoms with Gasteiger partial charge in [0.25, 0.3) is 0 Å². The summed E-state index contributed by atoms with van der Waals surface area (Å²) in [5, 5.41) is 6.54. The summed E-state index contributed by atoms with van der Waals surface area (Å²) >= 11 is 0. The maximum atomic E-state index is 11.5. The predicted octanol–water partition coefficient (Wildman–Crippen LogP) is 4.62. The lowest BCUT2D eigenvalue weighted by molar-refractivity contribution is 0.0601. The minimum absolute atomic E-state index is 0.366. The highest BCUT2D eigenvalue weighted by molar-refractivity contribution is 5.89. The molecule has 2 N–H and O–H groups in total. The lowest BCUT2D eigenvalue weighted by Crippen LogP contribution is -2.04. The zero-order valence-electron chi connectivity index (χ0n) is 15.6. The van der Waals surface area contributed by atoms with Crippen LogP contribution in [0.15, 0.2) is 54.6 Å². The molecule has 2 aromatic carbocycles. The van der Waals surface area contributed by atoms with Gasteiger partial charge in [-0.15, -0.1) is 0 Å². The van der Waals surface area contributed by atoms with Crippen LogP contribution in [-0.4, -0.2) is 23.0 Å². The average Bonchev–Trinajstić information content (AvgIpc) is 2.68. The number of nitrogens with zero attached hydrogens (tertiary/aromatic N) is 2. The summed E-state index contributed by atoms with van der Waals surface area (Å²) in [4.78, 5) is 20.5. The van der Waals surface area contributed by atoms with Gasteiger partial charge in [-0.25, -0.2) is 9.78 Å². The van der Waals surface area contributed by atoms with Gasteiger partial charge < -0.3 is 15.4 Å². The van der Waals surface area contributed by atoms with Gasteiger partial charge in [0, 0.05) is 23.1 Å². The fourth-order valence-corrected chi connectivity index (χ4v) is 2.71. The Balaban J connectivity index is 1.80. The molecule has 0 aliphatic heterocycles. The summed E-state index contributed by atoms with van der Waals surface area (Å²) < 4.78 is 4.71. The summed E-state index contributed by atoms with van der Waals surface area (Å²) in [6, 6.07) is 17.0. The van der Waals surface area contributed by atoms with E-state index in [9.17, 15) is 4.79 Å². The maximum absolute atomic E-state index is 11.5. The van der Waals surface area contributed by atoms with Gasteiger partial charge in [-0.1, -0.05) is 25.1 Å². The summed E-state index contributed by atoms with van der Waals surface area (Å²) in [6.45, 7) is 4.04. The molecule has 0 bridgehead atoms. The molecule has 0 saturated carbocycles. The van der Waals surface area contributed by atoms with E-state index in [2.05, 4.69) is 33.6 Å². The van der Waals surface area contributed by atoms with E-state index in [1.807, 2.05) is 31.2 Å². The first-order valence-corrected chi connectivity index (χ1v) is 8.75. The zero-order chi connectivity index (χ0) is 19.2. The number of para-hydroxylation sites is 1. The lowest BCUT2D eigenvalue weighted by atomic mass is 10.1. The number of hydrogen-bond donors (Lipinski definition) is 2. The summed E-state index contributed by atoms with van der Waals surface area (Å²) in [5.41, 5.74) is 4.38. The zero-order valence-corrected chi connectivity index (χ0v) is 15.6. The molecule has 3 rings (SSSR count). The average molecular weight is 362 g/mol. The number of aryl methyl sites for hydroxylation is 2. The molecule has 6 nitrogen and oxygen atoms in total. The van der Waals surface area contributed by atoms with Crippen LogP contribution < -0.4 is 10.6 Å². The number of rotatable bonds is 6. The van der Waals surface area contributed by atoms with Gasteiger partial charge in [-0.2, -0.15) is 4.98 Å². The molecule has 0 aliphatic rings. The topological polar surface area (TPSA) is 76.1 Å². The smallest absolute Gasteiger partial charge is 0.337 e. The number of esters is 1. The second-order valence-corrected chi connectivity index (χ2v) is 6.05. The molecule has 138 valence electrons. The van der Waals surface area contributed by atoms with Crippen LogP contribution >= 0.6 is 0 Å². The van der Waals surface area contributed by atoms with Gasteiger partial charge in [-0.3, -0.25) is 0 Å². The number of hydrogen-bond acceptors (Lipinski definition) is 6. The number of anilines is 4. The molecule has 0 atom stereocenters. The van der Waals surface area contributed by atoms with Crippen molar-refractivity contribution in [1.29, 1.82) is 0 Å². The van der Waals surface area contributed by atoms with Crippen LogP contribution in [0.1, 0.15) is 28.5 Å². The van der Waals surface area contributed by atoms with E-state index < -0.39 is 0 Å². The molecule has 1 aromatic heterocycles. The standard InChI is InChI=1S/C21H22N4O2/c1-4-15-7-5-6-8-18(15)24-19-13-14(2)22-21(25-19)23-17-11-9-16(10-12-17)20(26)27-3/h5-13H,4H2,1-3H3,(H2,22,23,24,25). The van der Waals surface area contributed by atoms with Crippen LogP contribution in [0.5, 0.6) is 0 Å². The molecular weight excluding hydrogens is 340 g/mol. The van der Waals surface area contributed by atoms with Crippen LogP contribution in [0.4, 0.5) is 23.1 Å². The van der Waals surface area contributed by atoms with Crippen molar-refractivity contribution in [2.24, 2.45) is 0 Å². The van der Waals surface area contributed by atoms with Crippen LogP contribution in [-0.2, 0) is 11.2 Å². The number of aromatic nitrogens is 2. The third-order valence-corrected chi connectivity index (χ3v) is 4.08. The Bertz CT molecular complexity index is 939. The second kappa shape index (κ2) is 8.31. The predicted molar refractivity (Wildman–Crippen MR) is 107 cm³/mol. The fourth-order valence-electron chi connectivity index (χ4n) is 2.71. The Kier molecular flexibility index (Phi) is 5.66. The Hall–Kier alpha value is -3.41. The van der Waals surface area contributed by atoms with E-state index in [0.717, 1.165) is 29.3 Å². The molecule has 0 aliphatic carbocycles. The van der Waals surface area contributed by atoms with Crippen LogP contribution in [0.25, 0.3) is 0 Å². The summed E-state index contributed by atoms with van der Waals surface area (Å²) in [5.74, 6) is 0.837. The van der Waals surface area contributed by atoms with E-state index >= 15 is 0 Å². The fraction of sp³-hybridized carbons (Fsp3) is 0.190. The minimum Gasteiger partial charge on any atom is -0.465 e. The van der Waals surface area contributed by atoms with Crippen molar-refractivity contribution in [3.8, 4) is 0 Å². The molecular formula is C21H22N4O2. The van der Waals surface area contributed by atoms with E-state index in [1.165, 1.54) is 12.7 Å². The third kappa shape index (κ3) is 4.61. The van der Waals surface area contributed by atoms with Gasteiger partial charge in [-0.05, 0) is 49.2 Å². The molecule has 3 aromatic rings. The normalized spacial score (nSPS) is 10.3. The Labute approximate surface area is 158 Å². The lowest BCUT2D eigenvalue weighted by Gasteiger charge is -2.12. The van der Waals surface area contributed by atoms with E-state index in [0.29, 0.717) is 11.5 Å². The molecule has 6 heteroatoms. The maximum Gasteiger partial charge on any atom is 0.337 e. The number of nitrogens with one attached hydrogen (secondary N) is 2. The first-order chi connectivity index (χ1) is 13.1. The summed E-state index contributed by atoms with van der Waals surface area (Å²) in [7, 11) is 1.36. The molecule has 0 amide bonds. The van der Waals surface area contributed by atoms with Gasteiger partial charge in [0.1, 0.15) is 5.82 Å². The molecule has 27 heavy (non-hydrogen) atoms. The molecule has 0 saturated heterocycles. The van der Waals surface area contributed by atoms with Crippen molar-refractivity contribution < 1.29 is 9.53 Å². The summed E-state index contributed by atoms with van der Waals surface area (Å²) in [6.07, 6.45) is 0.935. The number of carbonyl (C=O) groups excluding carboxylic acids is 1. The number of ether oxygens (including phenoxy) is 1. The van der Waals surface area contributed by atoms with Crippen molar-refractivity contribution in [1.82, 2.24) is 9.97 Å². The van der Waals surface area contributed by atoms with Crippen molar-refractivity contribution in [3.63, 3.8) is 0 Å². The van der Waals surface area contributed by atoms with Gasteiger partial charge in [0.15, 0.2) is 0 Å². The quantitative estimate of drug-likeness (QED) is 0.623. The number of benzene rings is 2. The minimum atomic E-state index is -0.366. The second-order valence-electron chi connectivity index (χ2n) is 6.05. The Morgan fingerprint density at radius 2 is 1.78 bits per heavy atom. The van der Waals surface area contributed by atoms with Gasteiger partial charge in [0.2, 0.25) is 5.95 Å². The van der Waals surface area contributed by atoms with E-state index in [-0.39, 0.29) is 5.97 Å². The highest BCUT2D eigenvalue weighted by Gasteiger charge is 2.07. The molecule has 0 unspecified atom stereocenters. The SMILES string of the molecule is CCc1ccccc1Nc1cc(C)nc(Nc2ccc(C(=O)OC)cc2)n1. The Morgan fingerprint density at radius 3 is 2.48 bits per heavy atom. The van der Waals surface area contributed by atoms with Crippen molar-refractivity contribution in [2.45, 2.75) is 20.3 Å². The highest BCUT2D eigenvalue weighted by atomic mass is 16.5. The first-order valence-electron chi connectivity index (χ1n) is 8.75. The van der Waals surface area contributed by atoms with E-state index in [1.54, 1.807) is 24.3 Å². The van der Waals surface area contributed by atoms with Gasteiger partial charge >= 0.3 is 5.97 Å². The number of carbonyl (C=O) groups is 1. The largest absolute Gasteiger partial charge is 0.465 e. The van der Waals surface area contributed by atoms with Crippen LogP contribution in [0, 0.1) is 6.92 Å². The first kappa shape index (κ1) is 18.4. The highest BCUT2D eigenvalue weighted by Crippen LogP contribution is 2.22. The van der Waals surface area contributed by atoms with Crippen molar-refractivity contribution >= 4 is 29.1 Å².